The quantitative estimate of drug-likeness (QED) is 0.865. The Morgan fingerprint density at radius 1 is 1.31 bits per heavy atom. The lowest BCUT2D eigenvalue weighted by Gasteiger charge is -2.26. The van der Waals surface area contributed by atoms with Crippen LogP contribution in [0.3, 0.4) is 0 Å². The van der Waals surface area contributed by atoms with E-state index in [1.54, 1.807) is 19.1 Å². The Morgan fingerprint density at radius 3 is 2.77 bits per heavy atom. The molecule has 1 saturated carbocycles. The maximum atomic E-state index is 14.0. The number of hydrogen-bond donors (Lipinski definition) is 1. The highest BCUT2D eigenvalue weighted by Crippen LogP contribution is 2.36. The van der Waals surface area contributed by atoms with Gasteiger partial charge in [0.2, 0.25) is 5.91 Å². The molecule has 0 atom stereocenters. The van der Waals surface area contributed by atoms with Crippen LogP contribution in [0.1, 0.15) is 28.8 Å². The summed E-state index contributed by atoms with van der Waals surface area (Å²) in [5, 5.41) is 0. The van der Waals surface area contributed by atoms with Crippen molar-refractivity contribution >= 4 is 33.0 Å². The summed E-state index contributed by atoms with van der Waals surface area (Å²) in [6.07, 6.45) is 2.57. The first-order valence-electron chi connectivity index (χ1n) is 8.53. The molecule has 4 rings (SSSR count). The fourth-order valence-electron chi connectivity index (χ4n) is 3.11. The minimum atomic E-state index is -3.86. The van der Waals surface area contributed by atoms with E-state index in [4.69, 9.17) is 0 Å². The summed E-state index contributed by atoms with van der Waals surface area (Å²) in [4.78, 5) is 15.0. The number of carbonyl (C=O) groups is 1. The van der Waals surface area contributed by atoms with E-state index in [1.807, 2.05) is 4.90 Å². The third-order valence-corrected chi connectivity index (χ3v) is 7.79. The smallest absolute Gasteiger partial charge is 0.271 e. The number of carbonyl (C=O) groups excluding carboxylic acids is 1. The van der Waals surface area contributed by atoms with E-state index in [0.717, 1.165) is 28.8 Å². The van der Waals surface area contributed by atoms with Gasteiger partial charge < -0.3 is 4.90 Å². The number of sulfonamides is 1. The first-order chi connectivity index (χ1) is 12.3. The lowest BCUT2D eigenvalue weighted by atomic mass is 10.1. The standard InChI is InChI=1S/C18H19FN2O3S2/c1-11-2-5-15(14(19)8-11)20-26(23,24)17-9-13-10-21(7-6-16(13)25-17)18(22)12-3-4-12/h2,5,8-9,12,20H,3-4,6-7,10H2,1H3. The zero-order valence-corrected chi connectivity index (χ0v) is 15.9. The van der Waals surface area contributed by atoms with E-state index in [-0.39, 0.29) is 21.7 Å². The van der Waals surface area contributed by atoms with Gasteiger partial charge in [0.15, 0.2) is 0 Å². The van der Waals surface area contributed by atoms with Crippen molar-refractivity contribution in [3.05, 3.63) is 46.1 Å². The second-order valence-corrected chi connectivity index (χ2v) is 9.93. The summed E-state index contributed by atoms with van der Waals surface area (Å²) < 4.78 is 41.7. The molecule has 2 heterocycles. The molecule has 1 fully saturated rings. The van der Waals surface area contributed by atoms with E-state index in [9.17, 15) is 17.6 Å². The molecule has 0 saturated heterocycles. The Hall–Kier alpha value is -1.93. The van der Waals surface area contributed by atoms with E-state index in [0.29, 0.717) is 19.5 Å². The molecular formula is C18H19FN2O3S2. The molecule has 0 radical (unpaired) electrons. The summed E-state index contributed by atoms with van der Waals surface area (Å²) in [6, 6.07) is 5.98. The fraction of sp³-hybridized carbons (Fsp3) is 0.389. The van der Waals surface area contributed by atoms with Crippen LogP contribution < -0.4 is 4.72 Å². The monoisotopic (exact) mass is 394 g/mol. The number of nitrogens with zero attached hydrogens (tertiary/aromatic N) is 1. The minimum absolute atomic E-state index is 0.0625. The largest absolute Gasteiger partial charge is 0.338 e. The SMILES string of the molecule is Cc1ccc(NS(=O)(=O)c2cc3c(s2)CCN(C(=O)C2CC2)C3)c(F)c1. The van der Waals surface area contributed by atoms with Crippen LogP contribution in [-0.4, -0.2) is 25.8 Å². The molecule has 1 amide bonds. The first kappa shape index (κ1) is 17.5. The molecule has 1 N–H and O–H groups in total. The summed E-state index contributed by atoms with van der Waals surface area (Å²) in [5.74, 6) is -0.272. The molecule has 8 heteroatoms. The Morgan fingerprint density at radius 2 is 2.08 bits per heavy atom. The van der Waals surface area contributed by atoms with Crippen molar-refractivity contribution in [2.24, 2.45) is 5.92 Å². The molecule has 1 aromatic carbocycles. The molecule has 0 unspecified atom stereocenters. The van der Waals surface area contributed by atoms with Gasteiger partial charge in [0.25, 0.3) is 10.0 Å². The molecule has 1 aliphatic carbocycles. The van der Waals surface area contributed by atoms with Crippen molar-refractivity contribution in [2.45, 2.75) is 36.9 Å². The van der Waals surface area contributed by atoms with Gasteiger partial charge in [0, 0.05) is 23.9 Å². The van der Waals surface area contributed by atoms with Crippen molar-refractivity contribution < 1.29 is 17.6 Å². The third-order valence-electron chi connectivity index (χ3n) is 4.72. The van der Waals surface area contributed by atoms with Crippen molar-refractivity contribution in [2.75, 3.05) is 11.3 Å². The highest BCUT2D eigenvalue weighted by Gasteiger charge is 2.35. The molecule has 0 bridgehead atoms. The molecule has 2 aromatic rings. The van der Waals surface area contributed by atoms with Gasteiger partial charge in [-0.3, -0.25) is 9.52 Å². The van der Waals surface area contributed by atoms with Gasteiger partial charge >= 0.3 is 0 Å². The molecule has 1 aliphatic heterocycles. The number of nitrogens with one attached hydrogen (secondary N) is 1. The lowest BCUT2D eigenvalue weighted by Crippen LogP contribution is -2.36. The van der Waals surface area contributed by atoms with E-state index in [1.165, 1.54) is 23.5 Å². The summed E-state index contributed by atoms with van der Waals surface area (Å²) >= 11 is 1.20. The number of halogens is 1. The Balaban J connectivity index is 1.55. The predicted octanol–water partition coefficient (Wildman–Crippen LogP) is 3.29. The number of fused-ring (bicyclic) bond motifs is 1. The number of benzene rings is 1. The maximum Gasteiger partial charge on any atom is 0.271 e. The molecule has 0 spiro atoms. The van der Waals surface area contributed by atoms with Crippen molar-refractivity contribution in [1.82, 2.24) is 4.90 Å². The number of anilines is 1. The van der Waals surface area contributed by atoms with Gasteiger partial charge in [-0.2, -0.15) is 0 Å². The average molecular weight is 394 g/mol. The topological polar surface area (TPSA) is 66.5 Å². The highest BCUT2D eigenvalue weighted by atomic mass is 32.2. The van der Waals surface area contributed by atoms with Gasteiger partial charge in [0.1, 0.15) is 10.0 Å². The third kappa shape index (κ3) is 3.35. The normalized spacial score (nSPS) is 17.1. The number of thiophene rings is 1. The Labute approximate surface area is 155 Å². The van der Waals surface area contributed by atoms with Gasteiger partial charge in [-0.25, -0.2) is 12.8 Å². The summed E-state index contributed by atoms with van der Waals surface area (Å²) in [7, 11) is -3.86. The Bertz CT molecular complexity index is 980. The predicted molar refractivity (Wildman–Crippen MR) is 98.1 cm³/mol. The molecule has 26 heavy (non-hydrogen) atoms. The average Bonchev–Trinajstić information content (AvgIpc) is 3.34. The number of hydrogen-bond acceptors (Lipinski definition) is 4. The van der Waals surface area contributed by atoms with Crippen molar-refractivity contribution in [3.63, 3.8) is 0 Å². The van der Waals surface area contributed by atoms with Gasteiger partial charge in [-0.15, -0.1) is 11.3 Å². The molecule has 1 aromatic heterocycles. The van der Waals surface area contributed by atoms with Crippen LogP contribution in [0.2, 0.25) is 0 Å². The van der Waals surface area contributed by atoms with Crippen LogP contribution in [0.5, 0.6) is 0 Å². The second kappa shape index (κ2) is 6.35. The zero-order chi connectivity index (χ0) is 18.5. The van der Waals surface area contributed by atoms with E-state index >= 15 is 0 Å². The fourth-order valence-corrected chi connectivity index (χ4v) is 5.72. The molecule has 5 nitrogen and oxygen atoms in total. The molecular weight excluding hydrogens is 375 g/mol. The second-order valence-electron chi connectivity index (χ2n) is 6.89. The van der Waals surface area contributed by atoms with Crippen LogP contribution in [0.4, 0.5) is 10.1 Å². The first-order valence-corrected chi connectivity index (χ1v) is 10.8. The Kier molecular flexibility index (Phi) is 4.27. The van der Waals surface area contributed by atoms with Crippen LogP contribution in [0.25, 0.3) is 0 Å². The van der Waals surface area contributed by atoms with Crippen molar-refractivity contribution in [3.8, 4) is 0 Å². The van der Waals surface area contributed by atoms with Gasteiger partial charge in [-0.1, -0.05) is 6.07 Å². The number of amides is 1. The molecule has 2 aliphatic rings. The number of rotatable bonds is 4. The maximum absolute atomic E-state index is 14.0. The lowest BCUT2D eigenvalue weighted by molar-refractivity contribution is -0.133. The molecule has 138 valence electrons. The van der Waals surface area contributed by atoms with Crippen LogP contribution in [-0.2, 0) is 27.8 Å². The van der Waals surface area contributed by atoms with Crippen molar-refractivity contribution in [1.29, 1.82) is 0 Å². The summed E-state index contributed by atoms with van der Waals surface area (Å²) in [5.41, 5.74) is 1.53. The van der Waals surface area contributed by atoms with E-state index in [2.05, 4.69) is 4.72 Å². The van der Waals surface area contributed by atoms with Crippen LogP contribution in [0.15, 0.2) is 28.5 Å². The summed E-state index contributed by atoms with van der Waals surface area (Å²) in [6.45, 7) is 2.82. The zero-order valence-electron chi connectivity index (χ0n) is 14.3. The van der Waals surface area contributed by atoms with Crippen LogP contribution >= 0.6 is 11.3 Å². The number of aryl methyl sites for hydroxylation is 1. The van der Waals surface area contributed by atoms with Gasteiger partial charge in [-0.05, 0) is 55.5 Å². The van der Waals surface area contributed by atoms with Gasteiger partial charge in [0.05, 0.1) is 5.69 Å². The highest BCUT2D eigenvalue weighted by molar-refractivity contribution is 7.94. The van der Waals surface area contributed by atoms with E-state index < -0.39 is 15.8 Å². The minimum Gasteiger partial charge on any atom is -0.338 e. The van der Waals surface area contributed by atoms with Crippen LogP contribution in [0, 0.1) is 18.7 Å².